The molecule has 3 rings (SSSR count). The highest BCUT2D eigenvalue weighted by molar-refractivity contribution is 6.31. The van der Waals surface area contributed by atoms with Crippen molar-refractivity contribution in [2.75, 3.05) is 13.2 Å². The molecule has 1 N–H and O–H groups in total. The maximum atomic E-state index is 11.5. The van der Waals surface area contributed by atoms with Gasteiger partial charge in [-0.3, -0.25) is 0 Å². The number of nitrogens with zero attached hydrogens (tertiary/aromatic N) is 1. The summed E-state index contributed by atoms with van der Waals surface area (Å²) in [5.74, 6) is -0.0969. The Bertz CT molecular complexity index is 644. The molecule has 24 heavy (non-hydrogen) atoms. The normalized spacial score (nSPS) is 21.1. The van der Waals surface area contributed by atoms with Crippen molar-refractivity contribution in [1.29, 1.82) is 0 Å². The number of hydrogen-bond donors (Lipinski definition) is 1. The maximum Gasteiger partial charge on any atom is 0.344 e. The predicted octanol–water partition coefficient (Wildman–Crippen LogP) is 3.11. The van der Waals surface area contributed by atoms with E-state index in [1.165, 1.54) is 0 Å². The summed E-state index contributed by atoms with van der Waals surface area (Å²) in [5.41, 5.74) is 1.19. The first-order chi connectivity index (χ1) is 11.6. The van der Waals surface area contributed by atoms with Crippen LogP contribution >= 0.6 is 11.6 Å². The summed E-state index contributed by atoms with van der Waals surface area (Å²) in [5, 5.41) is 14.0. The van der Waals surface area contributed by atoms with Crippen LogP contribution in [0.1, 0.15) is 31.7 Å². The zero-order chi connectivity index (χ0) is 17.1. The fourth-order valence-corrected chi connectivity index (χ4v) is 2.85. The van der Waals surface area contributed by atoms with Gasteiger partial charge in [0.2, 0.25) is 0 Å². The molecule has 1 aromatic rings. The molecular weight excluding hydrogens is 334 g/mol. The van der Waals surface area contributed by atoms with Gasteiger partial charge in [-0.15, -0.1) is 0 Å². The molecule has 1 aromatic carbocycles. The van der Waals surface area contributed by atoms with Gasteiger partial charge in [0.1, 0.15) is 24.2 Å². The molecule has 130 valence electrons. The molecule has 1 aliphatic carbocycles. The second kappa shape index (κ2) is 7.40. The number of carboxylic acids is 1. The minimum atomic E-state index is -0.964. The molecule has 0 aromatic heterocycles. The number of oxime groups is 1. The molecule has 1 fully saturated rings. The first kappa shape index (κ1) is 17.0. The molecule has 0 spiro atoms. The largest absolute Gasteiger partial charge is 0.479 e. The number of hydrogen-bond acceptors (Lipinski definition) is 5. The summed E-state index contributed by atoms with van der Waals surface area (Å²) in [6.45, 7) is 2.73. The molecule has 0 bridgehead atoms. The van der Waals surface area contributed by atoms with E-state index >= 15 is 0 Å². The highest BCUT2D eigenvalue weighted by atomic mass is 35.5. The van der Waals surface area contributed by atoms with Gasteiger partial charge < -0.3 is 19.4 Å². The van der Waals surface area contributed by atoms with E-state index in [-0.39, 0.29) is 6.10 Å². The van der Waals surface area contributed by atoms with E-state index < -0.39 is 12.1 Å². The number of halogens is 1. The summed E-state index contributed by atoms with van der Waals surface area (Å²) in [6, 6.07) is 5.04. The van der Waals surface area contributed by atoms with Crippen LogP contribution in [0.15, 0.2) is 23.4 Å². The Balaban J connectivity index is 1.86. The Morgan fingerprint density at radius 3 is 2.96 bits per heavy atom. The average molecular weight is 354 g/mol. The summed E-state index contributed by atoms with van der Waals surface area (Å²) in [7, 11) is 0. The highest BCUT2D eigenvalue weighted by Crippen LogP contribution is 2.35. The Labute approximate surface area is 145 Å². The number of aliphatic carboxylic acids is 1. The van der Waals surface area contributed by atoms with Gasteiger partial charge in [0.25, 0.3) is 0 Å². The van der Waals surface area contributed by atoms with Crippen LogP contribution in [0.5, 0.6) is 5.75 Å². The van der Waals surface area contributed by atoms with Gasteiger partial charge >= 0.3 is 5.97 Å². The number of rotatable bonds is 8. The van der Waals surface area contributed by atoms with Crippen LogP contribution in [0.4, 0.5) is 0 Å². The zero-order valence-corrected chi connectivity index (χ0v) is 14.2. The van der Waals surface area contributed by atoms with E-state index in [1.54, 1.807) is 18.2 Å². The molecule has 1 heterocycles. The van der Waals surface area contributed by atoms with Crippen molar-refractivity contribution in [2.24, 2.45) is 11.1 Å². The van der Waals surface area contributed by atoms with Gasteiger partial charge in [-0.2, -0.15) is 0 Å². The van der Waals surface area contributed by atoms with E-state index in [4.69, 9.17) is 25.9 Å². The summed E-state index contributed by atoms with van der Waals surface area (Å²) >= 11 is 6.10. The highest BCUT2D eigenvalue weighted by Gasteiger charge is 2.33. The van der Waals surface area contributed by atoms with Crippen LogP contribution in [0, 0.1) is 5.92 Å². The van der Waals surface area contributed by atoms with Gasteiger partial charge in [0.05, 0.1) is 0 Å². The van der Waals surface area contributed by atoms with Gasteiger partial charge in [-0.25, -0.2) is 4.79 Å². The Kier molecular flexibility index (Phi) is 5.26. The Morgan fingerprint density at radius 1 is 1.50 bits per heavy atom. The van der Waals surface area contributed by atoms with Gasteiger partial charge in [-0.05, 0) is 37.5 Å². The molecule has 2 unspecified atom stereocenters. The van der Waals surface area contributed by atoms with Crippen molar-refractivity contribution >= 4 is 23.3 Å². The van der Waals surface area contributed by atoms with Crippen LogP contribution in [0.25, 0.3) is 0 Å². The second-order valence-electron chi connectivity index (χ2n) is 5.98. The van der Waals surface area contributed by atoms with Crippen molar-refractivity contribution in [3.63, 3.8) is 0 Å². The maximum absolute atomic E-state index is 11.5. The number of ether oxygens (including phenoxy) is 2. The third-order valence-electron chi connectivity index (χ3n) is 4.07. The first-order valence-electron chi connectivity index (χ1n) is 8.09. The number of carboxylic acid groups (broad SMARTS) is 1. The van der Waals surface area contributed by atoms with Crippen molar-refractivity contribution in [3.8, 4) is 5.75 Å². The lowest BCUT2D eigenvalue weighted by Crippen LogP contribution is -2.30. The van der Waals surface area contributed by atoms with Crippen LogP contribution in [-0.2, 0) is 14.4 Å². The molecule has 7 heteroatoms. The molecule has 2 atom stereocenters. The number of benzene rings is 1. The van der Waals surface area contributed by atoms with Crippen LogP contribution in [0.3, 0.4) is 0 Å². The lowest BCUT2D eigenvalue weighted by molar-refractivity contribution is -0.145. The third kappa shape index (κ3) is 3.99. The van der Waals surface area contributed by atoms with E-state index in [2.05, 4.69) is 5.16 Å². The minimum Gasteiger partial charge on any atom is -0.479 e. The summed E-state index contributed by atoms with van der Waals surface area (Å²) in [4.78, 5) is 16.6. The first-order valence-corrected chi connectivity index (χ1v) is 8.47. The summed E-state index contributed by atoms with van der Waals surface area (Å²) in [6.07, 6.45) is 1.43. The monoisotopic (exact) mass is 353 g/mol. The fourth-order valence-electron chi connectivity index (χ4n) is 2.68. The smallest absolute Gasteiger partial charge is 0.344 e. The van der Waals surface area contributed by atoms with E-state index in [1.807, 2.05) is 6.92 Å². The minimum absolute atomic E-state index is 0.317. The van der Waals surface area contributed by atoms with Crippen molar-refractivity contribution in [2.45, 2.75) is 38.4 Å². The average Bonchev–Trinajstić information content (AvgIpc) is 3.25. The van der Waals surface area contributed by atoms with Crippen LogP contribution in [0.2, 0.25) is 5.02 Å². The fraction of sp³-hybridized carbons (Fsp3) is 0.529. The SMILES string of the molecule is CCOC1CON=C1c1cc(Cl)ccc1OC(CC1CC1)C(=O)O. The van der Waals surface area contributed by atoms with E-state index in [0.29, 0.717) is 47.6 Å². The Hall–Kier alpha value is -1.79. The van der Waals surface area contributed by atoms with E-state index in [9.17, 15) is 9.90 Å². The second-order valence-corrected chi connectivity index (χ2v) is 6.42. The molecule has 0 saturated heterocycles. The lowest BCUT2D eigenvalue weighted by atomic mass is 10.0. The van der Waals surface area contributed by atoms with Gasteiger partial charge in [-0.1, -0.05) is 29.6 Å². The molecule has 1 aliphatic heterocycles. The molecule has 0 amide bonds. The molecule has 1 saturated carbocycles. The van der Waals surface area contributed by atoms with Crippen LogP contribution in [-0.4, -0.2) is 42.2 Å². The molecule has 6 nitrogen and oxygen atoms in total. The van der Waals surface area contributed by atoms with Crippen molar-refractivity contribution in [3.05, 3.63) is 28.8 Å². The molecular formula is C17H20ClNO5. The standard InChI is InChI=1S/C17H20ClNO5/c1-2-22-15-9-23-19-16(15)12-8-11(18)5-6-13(12)24-14(17(20)21)7-10-3-4-10/h5-6,8,10,14-15H,2-4,7,9H2,1H3,(H,20,21). The van der Waals surface area contributed by atoms with Crippen molar-refractivity contribution < 1.29 is 24.2 Å². The quantitative estimate of drug-likeness (QED) is 0.777. The topological polar surface area (TPSA) is 77.3 Å². The van der Waals surface area contributed by atoms with Gasteiger partial charge in [0.15, 0.2) is 6.10 Å². The van der Waals surface area contributed by atoms with Gasteiger partial charge in [0, 0.05) is 17.2 Å². The van der Waals surface area contributed by atoms with E-state index in [0.717, 1.165) is 12.8 Å². The van der Waals surface area contributed by atoms with Crippen LogP contribution < -0.4 is 4.74 Å². The van der Waals surface area contributed by atoms with Crippen molar-refractivity contribution in [1.82, 2.24) is 0 Å². The zero-order valence-electron chi connectivity index (χ0n) is 13.4. The third-order valence-corrected chi connectivity index (χ3v) is 4.30. The molecule has 0 radical (unpaired) electrons. The molecule has 2 aliphatic rings. The summed E-state index contributed by atoms with van der Waals surface area (Å²) < 4.78 is 11.4. The Morgan fingerprint density at radius 2 is 2.29 bits per heavy atom. The number of carbonyl (C=O) groups is 1. The lowest BCUT2D eigenvalue weighted by Gasteiger charge is -2.19. The predicted molar refractivity (Wildman–Crippen MR) is 88.7 cm³/mol.